The Bertz CT molecular complexity index is 1390. The molecule has 0 spiro atoms. The van der Waals surface area contributed by atoms with Gasteiger partial charge in [0, 0.05) is 11.8 Å². The molecular formula is C29H28N2O7. The molecule has 1 aromatic heterocycles. The number of benzene rings is 2. The number of Topliss-reactive ketones (excluding diaryl/α,β-unsaturated/α-hetero) is 1. The van der Waals surface area contributed by atoms with Gasteiger partial charge in [-0.2, -0.15) is 0 Å². The van der Waals surface area contributed by atoms with Crippen molar-refractivity contribution in [2.24, 2.45) is 0 Å². The molecule has 1 amide bonds. The number of amides is 1. The molecule has 196 valence electrons. The van der Waals surface area contributed by atoms with E-state index in [4.69, 9.17) is 18.9 Å². The molecule has 0 radical (unpaired) electrons. The zero-order chi connectivity index (χ0) is 26.6. The fraction of sp³-hybridized carbons (Fsp3) is 0.276. The summed E-state index contributed by atoms with van der Waals surface area (Å²) in [5.41, 5.74) is 0.803. The summed E-state index contributed by atoms with van der Waals surface area (Å²) < 4.78 is 22.7. The van der Waals surface area contributed by atoms with E-state index < -0.39 is 17.7 Å². The van der Waals surface area contributed by atoms with E-state index in [0.29, 0.717) is 53.9 Å². The summed E-state index contributed by atoms with van der Waals surface area (Å²) in [7, 11) is 1.52. The van der Waals surface area contributed by atoms with Gasteiger partial charge >= 0.3 is 5.91 Å². The first-order chi connectivity index (χ1) is 18.5. The summed E-state index contributed by atoms with van der Waals surface area (Å²) in [4.78, 5) is 32.4. The van der Waals surface area contributed by atoms with Crippen molar-refractivity contribution in [3.8, 4) is 23.0 Å². The molecule has 5 rings (SSSR count). The van der Waals surface area contributed by atoms with E-state index in [2.05, 4.69) is 11.9 Å². The molecule has 1 atom stereocenters. The monoisotopic (exact) mass is 516 g/mol. The smallest absolute Gasteiger partial charge is 0.301 e. The van der Waals surface area contributed by atoms with Crippen molar-refractivity contribution in [1.82, 2.24) is 4.98 Å². The molecule has 38 heavy (non-hydrogen) atoms. The van der Waals surface area contributed by atoms with Crippen LogP contribution in [0.1, 0.15) is 36.9 Å². The number of anilines is 1. The van der Waals surface area contributed by atoms with Gasteiger partial charge in [-0.25, -0.2) is 4.98 Å². The van der Waals surface area contributed by atoms with E-state index in [-0.39, 0.29) is 17.2 Å². The third kappa shape index (κ3) is 4.63. The van der Waals surface area contributed by atoms with Gasteiger partial charge < -0.3 is 24.1 Å². The number of hydrogen-bond acceptors (Lipinski definition) is 8. The average Bonchev–Trinajstić information content (AvgIpc) is 3.23. The molecule has 1 saturated heterocycles. The number of ether oxygens (including phenoxy) is 4. The lowest BCUT2D eigenvalue weighted by Crippen LogP contribution is -2.30. The minimum Gasteiger partial charge on any atom is -0.507 e. The van der Waals surface area contributed by atoms with Gasteiger partial charge in [0.2, 0.25) is 0 Å². The predicted octanol–water partition coefficient (Wildman–Crippen LogP) is 4.67. The quantitative estimate of drug-likeness (QED) is 0.199. The van der Waals surface area contributed by atoms with Crippen LogP contribution in [0.5, 0.6) is 23.0 Å². The molecule has 2 aromatic carbocycles. The van der Waals surface area contributed by atoms with Gasteiger partial charge in [0.15, 0.2) is 23.0 Å². The van der Waals surface area contributed by atoms with Crippen molar-refractivity contribution < 1.29 is 33.6 Å². The number of hydrogen-bond donors (Lipinski definition) is 1. The molecule has 2 aliphatic rings. The molecule has 9 nitrogen and oxygen atoms in total. The topological polar surface area (TPSA) is 107 Å². The Kier molecular flexibility index (Phi) is 7.17. The number of pyridine rings is 1. The maximum atomic E-state index is 13.4. The van der Waals surface area contributed by atoms with Crippen molar-refractivity contribution in [2.45, 2.75) is 25.8 Å². The summed E-state index contributed by atoms with van der Waals surface area (Å²) >= 11 is 0. The summed E-state index contributed by atoms with van der Waals surface area (Å²) in [5, 5.41) is 11.4. The second-order valence-corrected chi connectivity index (χ2v) is 8.83. The minimum absolute atomic E-state index is 0.0703. The maximum absolute atomic E-state index is 13.4. The predicted molar refractivity (Wildman–Crippen MR) is 140 cm³/mol. The standard InChI is InChI=1S/C29H28N2O7/c1-3-4-13-36-20-10-8-18(16-22(20)35-2)26-25(28(33)29(34)31(26)24-7-5-6-12-30-24)27(32)19-9-11-21-23(17-19)38-15-14-37-21/h5-12,16-17,26,32H,3-4,13-15H2,1-2H3. The number of carbonyl (C=O) groups excluding carboxylic acids is 2. The summed E-state index contributed by atoms with van der Waals surface area (Å²) in [5.74, 6) is 0.322. The number of fused-ring (bicyclic) bond motifs is 1. The van der Waals surface area contributed by atoms with Crippen LogP contribution in [0.3, 0.4) is 0 Å². The number of unbranched alkanes of at least 4 members (excludes halogenated alkanes) is 1. The number of aromatic nitrogens is 1. The van der Waals surface area contributed by atoms with Gasteiger partial charge in [-0.3, -0.25) is 14.5 Å². The largest absolute Gasteiger partial charge is 0.507 e. The number of aliphatic hydroxyl groups excluding tert-OH is 1. The molecule has 0 bridgehead atoms. The van der Waals surface area contributed by atoms with Crippen LogP contribution >= 0.6 is 0 Å². The molecule has 9 heteroatoms. The average molecular weight is 517 g/mol. The molecular weight excluding hydrogens is 488 g/mol. The normalized spacial score (nSPS) is 17.9. The fourth-order valence-corrected chi connectivity index (χ4v) is 4.53. The Morgan fingerprint density at radius 2 is 1.87 bits per heavy atom. The summed E-state index contributed by atoms with van der Waals surface area (Å²) in [6.07, 6.45) is 3.41. The van der Waals surface area contributed by atoms with Gasteiger partial charge in [-0.1, -0.05) is 25.5 Å². The van der Waals surface area contributed by atoms with E-state index >= 15 is 0 Å². The SMILES string of the molecule is CCCCOc1ccc(C2C(=C(O)c3ccc4c(c3)OCCO4)C(=O)C(=O)N2c2ccccn2)cc1OC. The van der Waals surface area contributed by atoms with Crippen molar-refractivity contribution >= 4 is 23.3 Å². The Labute approximate surface area is 220 Å². The fourth-order valence-electron chi connectivity index (χ4n) is 4.53. The van der Waals surface area contributed by atoms with Gasteiger partial charge in [0.1, 0.15) is 24.8 Å². The van der Waals surface area contributed by atoms with Crippen LogP contribution in [-0.2, 0) is 9.59 Å². The highest BCUT2D eigenvalue weighted by Crippen LogP contribution is 2.44. The highest BCUT2D eigenvalue weighted by atomic mass is 16.6. The van der Waals surface area contributed by atoms with Crippen LogP contribution in [0.25, 0.3) is 5.76 Å². The van der Waals surface area contributed by atoms with Crippen LogP contribution in [0.2, 0.25) is 0 Å². The molecule has 1 fully saturated rings. The highest BCUT2D eigenvalue weighted by Gasteiger charge is 2.47. The van der Waals surface area contributed by atoms with Crippen molar-refractivity contribution in [2.75, 3.05) is 31.8 Å². The second kappa shape index (κ2) is 10.8. The van der Waals surface area contributed by atoms with E-state index in [9.17, 15) is 14.7 Å². The summed E-state index contributed by atoms with van der Waals surface area (Å²) in [6, 6.07) is 14.2. The van der Waals surface area contributed by atoms with E-state index in [1.54, 1.807) is 54.6 Å². The van der Waals surface area contributed by atoms with Crippen molar-refractivity contribution in [3.63, 3.8) is 0 Å². The Balaban J connectivity index is 1.64. The number of aliphatic hydroxyl groups is 1. The van der Waals surface area contributed by atoms with Crippen LogP contribution < -0.4 is 23.8 Å². The van der Waals surface area contributed by atoms with Gasteiger partial charge in [-0.15, -0.1) is 0 Å². The lowest BCUT2D eigenvalue weighted by Gasteiger charge is -2.25. The van der Waals surface area contributed by atoms with E-state index in [1.165, 1.54) is 18.2 Å². The molecule has 3 aromatic rings. The molecule has 1 N–H and O–H groups in total. The van der Waals surface area contributed by atoms with Gasteiger partial charge in [0.25, 0.3) is 5.78 Å². The van der Waals surface area contributed by atoms with Crippen molar-refractivity contribution in [1.29, 1.82) is 0 Å². The minimum atomic E-state index is -0.961. The van der Waals surface area contributed by atoms with Gasteiger partial charge in [-0.05, 0) is 54.4 Å². The maximum Gasteiger partial charge on any atom is 0.301 e. The first-order valence-corrected chi connectivity index (χ1v) is 12.5. The number of ketones is 1. The Morgan fingerprint density at radius 3 is 2.61 bits per heavy atom. The van der Waals surface area contributed by atoms with Crippen LogP contribution in [0.15, 0.2) is 66.4 Å². The zero-order valence-electron chi connectivity index (χ0n) is 21.2. The Hall–Kier alpha value is -4.53. The highest BCUT2D eigenvalue weighted by molar-refractivity contribution is 6.51. The first-order valence-electron chi connectivity index (χ1n) is 12.5. The molecule has 0 saturated carbocycles. The number of methoxy groups -OCH3 is 1. The first kappa shape index (κ1) is 25.1. The lowest BCUT2D eigenvalue weighted by atomic mass is 9.94. The third-order valence-electron chi connectivity index (χ3n) is 6.42. The van der Waals surface area contributed by atoms with Crippen LogP contribution in [0, 0.1) is 0 Å². The summed E-state index contributed by atoms with van der Waals surface area (Å²) in [6.45, 7) is 3.40. The zero-order valence-corrected chi connectivity index (χ0v) is 21.2. The number of carbonyl (C=O) groups is 2. The third-order valence-corrected chi connectivity index (χ3v) is 6.42. The van der Waals surface area contributed by atoms with E-state index in [0.717, 1.165) is 12.8 Å². The molecule has 3 heterocycles. The Morgan fingerprint density at radius 1 is 1.05 bits per heavy atom. The van der Waals surface area contributed by atoms with Crippen molar-refractivity contribution in [3.05, 3.63) is 77.5 Å². The molecule has 0 aliphatic carbocycles. The van der Waals surface area contributed by atoms with Crippen LogP contribution in [-0.4, -0.2) is 48.7 Å². The van der Waals surface area contributed by atoms with E-state index in [1.807, 2.05) is 0 Å². The number of rotatable bonds is 8. The second-order valence-electron chi connectivity index (χ2n) is 8.83. The number of nitrogens with zero attached hydrogens (tertiary/aromatic N) is 2. The van der Waals surface area contributed by atoms with Gasteiger partial charge in [0.05, 0.1) is 25.3 Å². The molecule has 1 unspecified atom stereocenters. The lowest BCUT2D eigenvalue weighted by molar-refractivity contribution is -0.132. The van der Waals surface area contributed by atoms with Crippen LogP contribution in [0.4, 0.5) is 5.82 Å². The molecule has 2 aliphatic heterocycles.